The fourth-order valence-corrected chi connectivity index (χ4v) is 2.80. The van der Waals surface area contributed by atoms with Crippen molar-refractivity contribution in [2.45, 2.75) is 13.5 Å². The van der Waals surface area contributed by atoms with Crippen molar-refractivity contribution in [3.63, 3.8) is 0 Å². The van der Waals surface area contributed by atoms with E-state index in [1.54, 1.807) is 28.2 Å². The van der Waals surface area contributed by atoms with Crippen molar-refractivity contribution in [3.8, 4) is 0 Å². The smallest absolute Gasteiger partial charge is 0.408 e. The number of para-hydroxylation sites is 2. The molecule has 1 aromatic carbocycles. The number of hydrogen-bond acceptors (Lipinski definition) is 5. The third-order valence-electron chi connectivity index (χ3n) is 2.77. The van der Waals surface area contributed by atoms with E-state index < -0.39 is 0 Å². The quantitative estimate of drug-likeness (QED) is 0.795. The maximum atomic E-state index is 11.8. The maximum Gasteiger partial charge on any atom is 0.420 e. The van der Waals surface area contributed by atoms with Gasteiger partial charge in [0.1, 0.15) is 0 Å². The van der Waals surface area contributed by atoms with E-state index in [1.807, 2.05) is 25.1 Å². The number of oxazole rings is 1. The van der Waals surface area contributed by atoms with Crippen molar-refractivity contribution in [1.82, 2.24) is 9.55 Å². The summed E-state index contributed by atoms with van der Waals surface area (Å²) in [6.45, 7) is 3.34. The van der Waals surface area contributed by atoms with Crippen molar-refractivity contribution < 1.29 is 4.42 Å². The summed E-state index contributed by atoms with van der Waals surface area (Å²) in [5.74, 6) is -0.334. The van der Waals surface area contributed by atoms with Crippen molar-refractivity contribution in [1.29, 1.82) is 0 Å². The SMILES string of the molecule is CCNc1ncc(Cn2c(=O)oc3ccccc32)s1. The van der Waals surface area contributed by atoms with Gasteiger partial charge in [-0.05, 0) is 19.1 Å². The van der Waals surface area contributed by atoms with Gasteiger partial charge in [-0.3, -0.25) is 4.57 Å². The zero-order chi connectivity index (χ0) is 13.2. The molecule has 2 aromatic heterocycles. The molecule has 19 heavy (non-hydrogen) atoms. The predicted octanol–water partition coefficient (Wildman–Crippen LogP) is 2.53. The van der Waals surface area contributed by atoms with Gasteiger partial charge in [0.05, 0.1) is 12.1 Å². The molecule has 0 saturated heterocycles. The van der Waals surface area contributed by atoms with Crippen molar-refractivity contribution in [2.24, 2.45) is 0 Å². The van der Waals surface area contributed by atoms with Crippen molar-refractivity contribution >= 4 is 27.6 Å². The van der Waals surface area contributed by atoms with Crippen LogP contribution in [0.25, 0.3) is 11.1 Å². The average molecular weight is 275 g/mol. The van der Waals surface area contributed by atoms with Gasteiger partial charge < -0.3 is 9.73 Å². The van der Waals surface area contributed by atoms with Crippen LogP contribution in [-0.4, -0.2) is 16.1 Å². The number of anilines is 1. The van der Waals surface area contributed by atoms with Gasteiger partial charge in [-0.2, -0.15) is 0 Å². The lowest BCUT2D eigenvalue weighted by atomic mass is 10.3. The molecule has 6 heteroatoms. The number of rotatable bonds is 4. The maximum absolute atomic E-state index is 11.8. The highest BCUT2D eigenvalue weighted by Gasteiger charge is 2.10. The average Bonchev–Trinajstić information content (AvgIpc) is 2.96. The molecule has 0 fully saturated rings. The second-order valence-corrected chi connectivity index (χ2v) is 5.20. The molecule has 3 rings (SSSR count). The molecule has 2 heterocycles. The highest BCUT2D eigenvalue weighted by atomic mass is 32.1. The highest BCUT2D eigenvalue weighted by Crippen LogP contribution is 2.20. The van der Waals surface area contributed by atoms with Gasteiger partial charge in [0, 0.05) is 17.6 Å². The van der Waals surface area contributed by atoms with Gasteiger partial charge in [-0.15, -0.1) is 11.3 Å². The second-order valence-electron chi connectivity index (χ2n) is 4.08. The first-order valence-electron chi connectivity index (χ1n) is 6.05. The molecule has 0 amide bonds. The molecule has 98 valence electrons. The van der Waals surface area contributed by atoms with Crippen LogP contribution in [0.4, 0.5) is 5.13 Å². The number of fused-ring (bicyclic) bond motifs is 1. The minimum atomic E-state index is -0.334. The third-order valence-corrected chi connectivity index (χ3v) is 3.71. The van der Waals surface area contributed by atoms with Crippen LogP contribution < -0.4 is 11.1 Å². The van der Waals surface area contributed by atoms with Gasteiger partial charge in [0.2, 0.25) is 0 Å². The number of thiazole rings is 1. The lowest BCUT2D eigenvalue weighted by Crippen LogP contribution is -2.14. The van der Waals surface area contributed by atoms with Crippen LogP contribution in [0.2, 0.25) is 0 Å². The molecule has 0 aliphatic heterocycles. The van der Waals surface area contributed by atoms with Crippen molar-refractivity contribution in [2.75, 3.05) is 11.9 Å². The van der Waals surface area contributed by atoms with Gasteiger partial charge in [0.15, 0.2) is 10.7 Å². The van der Waals surface area contributed by atoms with E-state index in [-0.39, 0.29) is 5.76 Å². The molecule has 0 unspecified atom stereocenters. The van der Waals surface area contributed by atoms with Crippen LogP contribution in [-0.2, 0) is 6.54 Å². The minimum absolute atomic E-state index is 0.334. The van der Waals surface area contributed by atoms with Gasteiger partial charge in [0.25, 0.3) is 0 Å². The molecule has 1 N–H and O–H groups in total. The lowest BCUT2D eigenvalue weighted by Gasteiger charge is -1.98. The first-order chi connectivity index (χ1) is 9.28. The molecule has 0 radical (unpaired) electrons. The summed E-state index contributed by atoms with van der Waals surface area (Å²) < 4.78 is 6.83. The summed E-state index contributed by atoms with van der Waals surface area (Å²) in [5, 5.41) is 4.03. The van der Waals surface area contributed by atoms with E-state index in [9.17, 15) is 4.79 Å². The monoisotopic (exact) mass is 275 g/mol. The summed E-state index contributed by atoms with van der Waals surface area (Å²) in [6, 6.07) is 7.42. The Balaban J connectivity index is 1.96. The number of nitrogens with one attached hydrogen (secondary N) is 1. The summed E-state index contributed by atoms with van der Waals surface area (Å²) in [6.07, 6.45) is 1.79. The van der Waals surface area contributed by atoms with Crippen LogP contribution >= 0.6 is 11.3 Å². The Kier molecular flexibility index (Phi) is 3.08. The number of benzene rings is 1. The summed E-state index contributed by atoms with van der Waals surface area (Å²) in [7, 11) is 0. The lowest BCUT2D eigenvalue weighted by molar-refractivity contribution is 0.518. The Bertz CT molecular complexity index is 756. The summed E-state index contributed by atoms with van der Waals surface area (Å²) in [4.78, 5) is 17.1. The van der Waals surface area contributed by atoms with E-state index in [2.05, 4.69) is 10.3 Å². The predicted molar refractivity (Wildman–Crippen MR) is 75.9 cm³/mol. The van der Waals surface area contributed by atoms with Crippen molar-refractivity contribution in [3.05, 3.63) is 45.9 Å². The zero-order valence-electron chi connectivity index (χ0n) is 10.4. The molecule has 0 saturated carbocycles. The molecule has 5 nitrogen and oxygen atoms in total. The van der Waals surface area contributed by atoms with E-state index in [1.165, 1.54) is 0 Å². The Morgan fingerprint density at radius 3 is 3.11 bits per heavy atom. The Morgan fingerprint density at radius 2 is 2.26 bits per heavy atom. The molecule has 0 bridgehead atoms. The fraction of sp³-hybridized carbons (Fsp3) is 0.231. The minimum Gasteiger partial charge on any atom is -0.408 e. The zero-order valence-corrected chi connectivity index (χ0v) is 11.2. The number of hydrogen-bond donors (Lipinski definition) is 1. The highest BCUT2D eigenvalue weighted by molar-refractivity contribution is 7.15. The first kappa shape index (κ1) is 12.0. The van der Waals surface area contributed by atoms with Gasteiger partial charge >= 0.3 is 5.76 Å². The third kappa shape index (κ3) is 2.26. The second kappa shape index (κ2) is 4.89. The molecule has 0 atom stereocenters. The van der Waals surface area contributed by atoms with Crippen LogP contribution in [0.5, 0.6) is 0 Å². The van der Waals surface area contributed by atoms with Crippen LogP contribution in [0.1, 0.15) is 11.8 Å². The topological polar surface area (TPSA) is 60.1 Å². The number of aromatic nitrogens is 2. The van der Waals surface area contributed by atoms with E-state index in [0.29, 0.717) is 12.1 Å². The number of nitrogens with zero attached hydrogens (tertiary/aromatic N) is 2. The fourth-order valence-electron chi connectivity index (χ4n) is 1.93. The molecule has 3 aromatic rings. The normalized spacial score (nSPS) is 11.0. The van der Waals surface area contributed by atoms with Gasteiger partial charge in [-0.25, -0.2) is 9.78 Å². The Morgan fingerprint density at radius 1 is 1.42 bits per heavy atom. The molecule has 0 spiro atoms. The first-order valence-corrected chi connectivity index (χ1v) is 6.86. The summed E-state index contributed by atoms with van der Waals surface area (Å²) in [5.41, 5.74) is 1.43. The van der Waals surface area contributed by atoms with Crippen LogP contribution in [0.3, 0.4) is 0 Å². The Hall–Kier alpha value is -2.08. The largest absolute Gasteiger partial charge is 0.420 e. The summed E-state index contributed by atoms with van der Waals surface area (Å²) >= 11 is 1.55. The van der Waals surface area contributed by atoms with E-state index in [0.717, 1.165) is 22.1 Å². The molecular formula is C13H13N3O2S. The van der Waals surface area contributed by atoms with Gasteiger partial charge in [-0.1, -0.05) is 12.1 Å². The molecule has 0 aliphatic carbocycles. The molecule has 0 aliphatic rings. The Labute approximate surface area is 113 Å². The van der Waals surface area contributed by atoms with Crippen LogP contribution in [0, 0.1) is 0 Å². The van der Waals surface area contributed by atoms with E-state index >= 15 is 0 Å². The molecular weight excluding hydrogens is 262 g/mol. The van der Waals surface area contributed by atoms with Crippen LogP contribution in [0.15, 0.2) is 39.7 Å². The standard InChI is InChI=1S/C13H13N3O2S/c1-2-14-12-15-7-9(19-12)8-16-10-5-3-4-6-11(10)18-13(16)17/h3-7H,2,8H2,1H3,(H,14,15). The van der Waals surface area contributed by atoms with E-state index in [4.69, 9.17) is 4.42 Å².